The van der Waals surface area contributed by atoms with E-state index in [1.165, 1.54) is 0 Å². The molecule has 11 heavy (non-hydrogen) atoms. The highest BCUT2D eigenvalue weighted by Gasteiger charge is 1.93. The summed E-state index contributed by atoms with van der Waals surface area (Å²) in [7, 11) is 0. The van der Waals surface area contributed by atoms with Gasteiger partial charge < -0.3 is 0 Å². The van der Waals surface area contributed by atoms with Crippen molar-refractivity contribution in [3.8, 4) is 5.82 Å². The van der Waals surface area contributed by atoms with E-state index < -0.39 is 0 Å². The van der Waals surface area contributed by atoms with Gasteiger partial charge in [0, 0.05) is 18.6 Å². The van der Waals surface area contributed by atoms with Gasteiger partial charge in [0.25, 0.3) is 0 Å². The summed E-state index contributed by atoms with van der Waals surface area (Å²) < 4.78 is 1.66. The van der Waals surface area contributed by atoms with E-state index in [1.54, 1.807) is 17.1 Å². The standard InChI is InChI=1S/C7H6N4/c1-3-7(10-8-4-1)11-6-2-5-9-11/h1-6H. The van der Waals surface area contributed by atoms with Gasteiger partial charge in [-0.3, -0.25) is 0 Å². The molecule has 2 rings (SSSR count). The fourth-order valence-corrected chi connectivity index (χ4v) is 0.820. The summed E-state index contributed by atoms with van der Waals surface area (Å²) >= 11 is 0. The number of rotatable bonds is 1. The highest BCUT2D eigenvalue weighted by atomic mass is 15.3. The van der Waals surface area contributed by atoms with Gasteiger partial charge >= 0.3 is 0 Å². The molecule has 0 unspecified atom stereocenters. The molecule has 0 aliphatic heterocycles. The molecule has 0 amide bonds. The molecule has 2 aromatic rings. The maximum Gasteiger partial charge on any atom is 0.175 e. The zero-order valence-corrected chi connectivity index (χ0v) is 5.75. The van der Waals surface area contributed by atoms with E-state index in [0.717, 1.165) is 5.82 Å². The van der Waals surface area contributed by atoms with Gasteiger partial charge in [0.05, 0.1) is 0 Å². The van der Waals surface area contributed by atoms with Crippen molar-refractivity contribution < 1.29 is 0 Å². The van der Waals surface area contributed by atoms with E-state index in [4.69, 9.17) is 0 Å². The van der Waals surface area contributed by atoms with Crippen LogP contribution in [0.5, 0.6) is 0 Å². The average Bonchev–Trinajstić information content (AvgIpc) is 2.58. The van der Waals surface area contributed by atoms with Gasteiger partial charge in [-0.2, -0.15) is 10.2 Å². The molecule has 0 aromatic carbocycles. The smallest absolute Gasteiger partial charge is 0.175 e. The molecule has 54 valence electrons. The predicted molar refractivity (Wildman–Crippen MR) is 39.2 cm³/mol. The minimum atomic E-state index is 0.734. The second-order valence-corrected chi connectivity index (χ2v) is 2.03. The summed E-state index contributed by atoms with van der Waals surface area (Å²) in [4.78, 5) is 0. The third-order valence-corrected chi connectivity index (χ3v) is 1.30. The first-order chi connectivity index (χ1) is 5.47. The third kappa shape index (κ3) is 1.10. The maximum absolute atomic E-state index is 4.00. The van der Waals surface area contributed by atoms with E-state index in [0.29, 0.717) is 0 Å². The summed E-state index contributed by atoms with van der Waals surface area (Å²) in [5.74, 6) is 0.734. The summed E-state index contributed by atoms with van der Waals surface area (Å²) in [5, 5.41) is 11.6. The number of nitrogens with zero attached hydrogens (tertiary/aromatic N) is 4. The van der Waals surface area contributed by atoms with Crippen LogP contribution in [-0.2, 0) is 0 Å². The summed E-state index contributed by atoms with van der Waals surface area (Å²) in [6, 6.07) is 5.51. The molecule has 0 radical (unpaired) electrons. The van der Waals surface area contributed by atoms with Crippen molar-refractivity contribution in [2.24, 2.45) is 0 Å². The quantitative estimate of drug-likeness (QED) is 0.593. The number of hydrogen-bond acceptors (Lipinski definition) is 3. The van der Waals surface area contributed by atoms with E-state index in [1.807, 2.05) is 24.4 Å². The van der Waals surface area contributed by atoms with Gasteiger partial charge in [0.15, 0.2) is 5.82 Å². The summed E-state index contributed by atoms with van der Waals surface area (Å²) in [5.41, 5.74) is 0. The Bertz CT molecular complexity index is 313. The normalized spacial score (nSPS) is 9.82. The van der Waals surface area contributed by atoms with Crippen LogP contribution in [0.15, 0.2) is 36.8 Å². The van der Waals surface area contributed by atoms with Gasteiger partial charge in [-0.15, -0.1) is 5.10 Å². The lowest BCUT2D eigenvalue weighted by Crippen LogP contribution is -1.97. The number of aromatic nitrogens is 4. The van der Waals surface area contributed by atoms with Crippen LogP contribution in [0.25, 0.3) is 5.82 Å². The third-order valence-electron chi connectivity index (χ3n) is 1.30. The molecule has 0 bridgehead atoms. The van der Waals surface area contributed by atoms with Crippen LogP contribution in [0.1, 0.15) is 0 Å². The van der Waals surface area contributed by atoms with Crippen LogP contribution in [0, 0.1) is 0 Å². The van der Waals surface area contributed by atoms with Crippen molar-refractivity contribution in [3.63, 3.8) is 0 Å². The van der Waals surface area contributed by atoms with Gasteiger partial charge in [0.2, 0.25) is 0 Å². The first-order valence-electron chi connectivity index (χ1n) is 3.24. The minimum Gasteiger partial charge on any atom is -0.221 e. The highest BCUT2D eigenvalue weighted by molar-refractivity contribution is 5.16. The molecule has 2 aromatic heterocycles. The monoisotopic (exact) mass is 146 g/mol. The molecule has 0 aliphatic rings. The van der Waals surface area contributed by atoms with Crippen LogP contribution in [0.3, 0.4) is 0 Å². The van der Waals surface area contributed by atoms with Crippen molar-refractivity contribution in [2.75, 3.05) is 0 Å². The molecule has 0 fully saturated rings. The van der Waals surface area contributed by atoms with Crippen molar-refractivity contribution in [2.45, 2.75) is 0 Å². The highest BCUT2D eigenvalue weighted by Crippen LogP contribution is 1.97. The zero-order chi connectivity index (χ0) is 7.52. The second kappa shape index (κ2) is 2.49. The molecule has 4 heteroatoms. The second-order valence-electron chi connectivity index (χ2n) is 2.03. The largest absolute Gasteiger partial charge is 0.221 e. The Morgan fingerprint density at radius 2 is 2.18 bits per heavy atom. The lowest BCUT2D eigenvalue weighted by atomic mass is 10.5. The van der Waals surface area contributed by atoms with Crippen molar-refractivity contribution in [1.29, 1.82) is 0 Å². The molecule has 4 nitrogen and oxygen atoms in total. The maximum atomic E-state index is 4.00. The molecule has 2 heterocycles. The first kappa shape index (κ1) is 6.03. The van der Waals surface area contributed by atoms with Crippen molar-refractivity contribution in [3.05, 3.63) is 36.8 Å². The van der Waals surface area contributed by atoms with E-state index in [9.17, 15) is 0 Å². The van der Waals surface area contributed by atoms with Crippen molar-refractivity contribution in [1.82, 2.24) is 20.0 Å². The lowest BCUT2D eigenvalue weighted by Gasteiger charge is -1.95. The predicted octanol–water partition coefficient (Wildman–Crippen LogP) is 0.662. The van der Waals surface area contributed by atoms with Crippen LogP contribution in [-0.4, -0.2) is 20.0 Å². The lowest BCUT2D eigenvalue weighted by molar-refractivity contribution is 0.814. The van der Waals surface area contributed by atoms with Gasteiger partial charge in [-0.25, -0.2) is 4.68 Å². The zero-order valence-electron chi connectivity index (χ0n) is 5.75. The Morgan fingerprint density at radius 1 is 1.18 bits per heavy atom. The Balaban J connectivity index is 2.46. The van der Waals surface area contributed by atoms with E-state index >= 15 is 0 Å². The van der Waals surface area contributed by atoms with E-state index in [2.05, 4.69) is 15.3 Å². The molecule has 0 spiro atoms. The van der Waals surface area contributed by atoms with Gasteiger partial charge in [0.1, 0.15) is 0 Å². The molecular formula is C7H6N4. The SMILES string of the molecule is c1cnnc(-n2cccn2)c1. The molecular weight excluding hydrogens is 140 g/mol. The molecule has 0 atom stereocenters. The molecule has 0 saturated heterocycles. The topological polar surface area (TPSA) is 43.6 Å². The van der Waals surface area contributed by atoms with Crippen LogP contribution in [0.4, 0.5) is 0 Å². The number of hydrogen-bond donors (Lipinski definition) is 0. The summed E-state index contributed by atoms with van der Waals surface area (Å²) in [6.07, 6.45) is 5.16. The van der Waals surface area contributed by atoms with Gasteiger partial charge in [-0.05, 0) is 18.2 Å². The van der Waals surface area contributed by atoms with E-state index in [-0.39, 0.29) is 0 Å². The Labute approximate surface area is 63.5 Å². The fourth-order valence-electron chi connectivity index (χ4n) is 0.820. The Morgan fingerprint density at radius 3 is 2.82 bits per heavy atom. The molecule has 0 N–H and O–H groups in total. The van der Waals surface area contributed by atoms with Crippen LogP contribution in [0.2, 0.25) is 0 Å². The fraction of sp³-hybridized carbons (Fsp3) is 0. The van der Waals surface area contributed by atoms with Crippen LogP contribution >= 0.6 is 0 Å². The Kier molecular flexibility index (Phi) is 1.37. The first-order valence-corrected chi connectivity index (χ1v) is 3.24. The van der Waals surface area contributed by atoms with Gasteiger partial charge in [-0.1, -0.05) is 0 Å². The summed E-state index contributed by atoms with van der Waals surface area (Å²) in [6.45, 7) is 0. The average molecular weight is 146 g/mol. The molecule has 0 aliphatic carbocycles. The van der Waals surface area contributed by atoms with Crippen LogP contribution < -0.4 is 0 Å². The Hall–Kier alpha value is -1.71. The van der Waals surface area contributed by atoms with Crippen molar-refractivity contribution >= 4 is 0 Å². The molecule has 0 saturated carbocycles. The minimum absolute atomic E-state index is 0.734.